The summed E-state index contributed by atoms with van der Waals surface area (Å²) in [7, 11) is 0. The highest BCUT2D eigenvalue weighted by molar-refractivity contribution is 4.88. The highest BCUT2D eigenvalue weighted by atomic mass is 15.6. The summed E-state index contributed by atoms with van der Waals surface area (Å²) in [6, 6.07) is 0.519. The van der Waals surface area contributed by atoms with E-state index in [1.807, 2.05) is 6.08 Å². The van der Waals surface area contributed by atoms with E-state index in [-0.39, 0.29) is 0 Å². The van der Waals surface area contributed by atoms with Gasteiger partial charge < -0.3 is 0 Å². The van der Waals surface area contributed by atoms with Gasteiger partial charge in [-0.15, -0.1) is 11.7 Å². The molecule has 3 rings (SSSR count). The second kappa shape index (κ2) is 7.13. The van der Waals surface area contributed by atoms with E-state index >= 15 is 0 Å². The van der Waals surface area contributed by atoms with Crippen LogP contribution in [0, 0.1) is 0 Å². The molecule has 2 heterocycles. The van der Waals surface area contributed by atoms with Gasteiger partial charge in [-0.2, -0.15) is 0 Å². The molecule has 21 heavy (non-hydrogen) atoms. The van der Waals surface area contributed by atoms with Crippen molar-refractivity contribution in [2.75, 3.05) is 32.7 Å². The summed E-state index contributed by atoms with van der Waals surface area (Å²) in [4.78, 5) is 4.90. The SMILES string of the molecule is C=CCN1CCN(Cc2nnnn2C2CCCCC2)CC1. The van der Waals surface area contributed by atoms with Crippen molar-refractivity contribution < 1.29 is 0 Å². The van der Waals surface area contributed by atoms with Gasteiger partial charge in [0.15, 0.2) is 5.82 Å². The van der Waals surface area contributed by atoms with Crippen LogP contribution in [0.1, 0.15) is 44.0 Å². The molecule has 0 atom stereocenters. The molecule has 0 unspecified atom stereocenters. The molecule has 1 saturated heterocycles. The van der Waals surface area contributed by atoms with Crippen LogP contribution in [0.2, 0.25) is 0 Å². The fraction of sp³-hybridized carbons (Fsp3) is 0.800. The van der Waals surface area contributed by atoms with Crippen LogP contribution in [-0.4, -0.2) is 62.7 Å². The molecule has 0 bridgehead atoms. The third kappa shape index (κ3) is 3.68. The highest BCUT2D eigenvalue weighted by Crippen LogP contribution is 2.28. The molecule has 2 fully saturated rings. The number of hydrogen-bond acceptors (Lipinski definition) is 5. The number of rotatable bonds is 5. The van der Waals surface area contributed by atoms with E-state index in [1.165, 1.54) is 32.1 Å². The van der Waals surface area contributed by atoms with Crippen molar-refractivity contribution in [3.63, 3.8) is 0 Å². The summed E-state index contributed by atoms with van der Waals surface area (Å²) < 4.78 is 2.09. The molecule has 6 nitrogen and oxygen atoms in total. The van der Waals surface area contributed by atoms with Gasteiger partial charge in [-0.1, -0.05) is 25.3 Å². The third-order valence-corrected chi connectivity index (χ3v) is 4.70. The van der Waals surface area contributed by atoms with Crippen molar-refractivity contribution in [2.45, 2.75) is 44.7 Å². The van der Waals surface area contributed by atoms with E-state index in [1.54, 1.807) is 0 Å². The van der Waals surface area contributed by atoms with E-state index in [9.17, 15) is 0 Å². The van der Waals surface area contributed by atoms with E-state index in [0.29, 0.717) is 6.04 Å². The van der Waals surface area contributed by atoms with E-state index < -0.39 is 0 Å². The zero-order valence-corrected chi connectivity index (χ0v) is 12.8. The number of nitrogens with zero attached hydrogens (tertiary/aromatic N) is 6. The number of hydrogen-bond donors (Lipinski definition) is 0. The van der Waals surface area contributed by atoms with Gasteiger partial charge in [0.2, 0.25) is 0 Å². The first-order chi connectivity index (χ1) is 10.4. The molecule has 116 valence electrons. The van der Waals surface area contributed by atoms with E-state index in [2.05, 4.69) is 36.6 Å². The van der Waals surface area contributed by atoms with Crippen LogP contribution in [0.3, 0.4) is 0 Å². The molecule has 0 aromatic carbocycles. The zero-order valence-electron chi connectivity index (χ0n) is 12.8. The molecule has 1 aliphatic carbocycles. The number of piperazine rings is 1. The van der Waals surface area contributed by atoms with Crippen LogP contribution in [0.25, 0.3) is 0 Å². The lowest BCUT2D eigenvalue weighted by Crippen LogP contribution is -2.46. The predicted molar refractivity (Wildman–Crippen MR) is 81.9 cm³/mol. The van der Waals surface area contributed by atoms with Crippen LogP contribution < -0.4 is 0 Å². The molecule has 0 N–H and O–H groups in total. The Bertz CT molecular complexity index is 443. The van der Waals surface area contributed by atoms with Crippen molar-refractivity contribution in [3.8, 4) is 0 Å². The average molecular weight is 290 g/mol. The van der Waals surface area contributed by atoms with E-state index in [4.69, 9.17) is 0 Å². The lowest BCUT2D eigenvalue weighted by atomic mass is 9.95. The largest absolute Gasteiger partial charge is 0.297 e. The predicted octanol–water partition coefficient (Wildman–Crippen LogP) is 1.48. The lowest BCUT2D eigenvalue weighted by molar-refractivity contribution is 0.131. The summed E-state index contributed by atoms with van der Waals surface area (Å²) >= 11 is 0. The molecule has 1 aliphatic heterocycles. The van der Waals surface area contributed by atoms with Gasteiger partial charge in [0.25, 0.3) is 0 Å². The van der Waals surface area contributed by atoms with Crippen LogP contribution >= 0.6 is 0 Å². The minimum atomic E-state index is 0.519. The van der Waals surface area contributed by atoms with Crippen LogP contribution in [0.5, 0.6) is 0 Å². The van der Waals surface area contributed by atoms with Gasteiger partial charge in [-0.3, -0.25) is 9.80 Å². The van der Waals surface area contributed by atoms with Gasteiger partial charge in [0.1, 0.15) is 0 Å². The molecule has 1 aromatic rings. The Kier molecular flexibility index (Phi) is 4.98. The highest BCUT2D eigenvalue weighted by Gasteiger charge is 2.23. The van der Waals surface area contributed by atoms with Gasteiger partial charge in [0.05, 0.1) is 12.6 Å². The molecule has 1 aromatic heterocycles. The standard InChI is InChI=1S/C15H26N6/c1-2-8-19-9-11-20(12-10-19)13-15-16-17-18-21(15)14-6-4-3-5-7-14/h2,14H,1,3-13H2. The molecule has 6 heteroatoms. The molecule has 0 radical (unpaired) electrons. The smallest absolute Gasteiger partial charge is 0.165 e. The van der Waals surface area contributed by atoms with Gasteiger partial charge in [-0.05, 0) is 23.3 Å². The molecule has 2 aliphatic rings. The van der Waals surface area contributed by atoms with Crippen molar-refractivity contribution in [1.82, 2.24) is 30.0 Å². The molecule has 0 spiro atoms. The fourth-order valence-electron chi connectivity index (χ4n) is 3.44. The fourth-order valence-corrected chi connectivity index (χ4v) is 3.44. The maximum absolute atomic E-state index is 4.27. The van der Waals surface area contributed by atoms with Crippen molar-refractivity contribution in [3.05, 3.63) is 18.5 Å². The zero-order chi connectivity index (χ0) is 14.5. The van der Waals surface area contributed by atoms with Gasteiger partial charge in [-0.25, -0.2) is 4.68 Å². The summed E-state index contributed by atoms with van der Waals surface area (Å²) in [5.74, 6) is 1.04. The molecular formula is C15H26N6. The topological polar surface area (TPSA) is 50.1 Å². The number of aromatic nitrogens is 4. The summed E-state index contributed by atoms with van der Waals surface area (Å²) in [6.07, 6.45) is 8.42. The average Bonchev–Trinajstić information content (AvgIpc) is 2.98. The first kappa shape index (κ1) is 14.7. The maximum atomic E-state index is 4.27. The second-order valence-electron chi connectivity index (χ2n) is 6.20. The van der Waals surface area contributed by atoms with Gasteiger partial charge in [0, 0.05) is 32.7 Å². The summed E-state index contributed by atoms with van der Waals surface area (Å²) in [5, 5.41) is 12.4. The Balaban J connectivity index is 1.56. The van der Waals surface area contributed by atoms with Gasteiger partial charge >= 0.3 is 0 Å². The van der Waals surface area contributed by atoms with Crippen LogP contribution in [0.15, 0.2) is 12.7 Å². The minimum Gasteiger partial charge on any atom is -0.297 e. The van der Waals surface area contributed by atoms with Crippen LogP contribution in [-0.2, 0) is 6.54 Å². The van der Waals surface area contributed by atoms with Crippen molar-refractivity contribution in [1.29, 1.82) is 0 Å². The maximum Gasteiger partial charge on any atom is 0.165 e. The Morgan fingerprint density at radius 1 is 1.05 bits per heavy atom. The normalized spacial score (nSPS) is 22.5. The Morgan fingerprint density at radius 2 is 1.76 bits per heavy atom. The summed E-state index contributed by atoms with van der Waals surface area (Å²) in [5.41, 5.74) is 0. The van der Waals surface area contributed by atoms with Crippen LogP contribution in [0.4, 0.5) is 0 Å². The minimum absolute atomic E-state index is 0.519. The first-order valence-electron chi connectivity index (χ1n) is 8.19. The Hall–Kier alpha value is -1.27. The molecular weight excluding hydrogens is 264 g/mol. The summed E-state index contributed by atoms with van der Waals surface area (Å²) in [6.45, 7) is 10.1. The van der Waals surface area contributed by atoms with Crippen molar-refractivity contribution in [2.24, 2.45) is 0 Å². The second-order valence-corrected chi connectivity index (χ2v) is 6.20. The van der Waals surface area contributed by atoms with Crippen molar-refractivity contribution >= 4 is 0 Å². The first-order valence-corrected chi connectivity index (χ1v) is 8.19. The van der Waals surface area contributed by atoms with E-state index in [0.717, 1.165) is 45.1 Å². The lowest BCUT2D eigenvalue weighted by Gasteiger charge is -2.34. The third-order valence-electron chi connectivity index (χ3n) is 4.70. The quantitative estimate of drug-likeness (QED) is 0.769. The Labute approximate surface area is 126 Å². The number of tetrazole rings is 1. The molecule has 0 amide bonds. The molecule has 1 saturated carbocycles. The Morgan fingerprint density at radius 3 is 2.48 bits per heavy atom. The monoisotopic (exact) mass is 290 g/mol.